The van der Waals surface area contributed by atoms with Crippen molar-refractivity contribution in [3.05, 3.63) is 0 Å². The van der Waals surface area contributed by atoms with Gasteiger partial charge in [0.25, 0.3) is 0 Å². The van der Waals surface area contributed by atoms with E-state index in [0.29, 0.717) is 6.54 Å². The zero-order valence-electron chi connectivity index (χ0n) is 13.1. The summed E-state index contributed by atoms with van der Waals surface area (Å²) in [6.07, 6.45) is 1.09. The lowest BCUT2D eigenvalue weighted by molar-refractivity contribution is -0.124. The van der Waals surface area contributed by atoms with Gasteiger partial charge in [0.2, 0.25) is 5.91 Å². The van der Waals surface area contributed by atoms with Gasteiger partial charge in [-0.05, 0) is 33.1 Å². The third-order valence-corrected chi connectivity index (χ3v) is 3.34. The Morgan fingerprint density at radius 2 is 1.90 bits per heavy atom. The molecular weight excluding hydrogens is 324 g/mol. The first-order valence-corrected chi connectivity index (χ1v) is 8.16. The summed E-state index contributed by atoms with van der Waals surface area (Å²) >= 11 is 3.31. The number of nitrogens with one attached hydrogen (secondary N) is 2. The summed E-state index contributed by atoms with van der Waals surface area (Å²) in [5.41, 5.74) is -0.573. The maximum absolute atomic E-state index is 12.1. The van der Waals surface area contributed by atoms with Crippen molar-refractivity contribution in [3.8, 4) is 0 Å². The number of alkyl carbamates (subject to hydrolysis) is 1. The Bertz CT molecular complexity index is 316. The van der Waals surface area contributed by atoms with Crippen molar-refractivity contribution in [1.29, 1.82) is 0 Å². The summed E-state index contributed by atoms with van der Waals surface area (Å²) in [7, 11) is 0. The second kappa shape index (κ2) is 9.21. The number of amides is 2. The van der Waals surface area contributed by atoms with Gasteiger partial charge in [-0.25, -0.2) is 4.79 Å². The van der Waals surface area contributed by atoms with Crippen molar-refractivity contribution in [2.45, 2.75) is 59.1 Å². The van der Waals surface area contributed by atoms with E-state index in [4.69, 9.17) is 4.74 Å². The fourth-order valence-corrected chi connectivity index (χ4v) is 1.81. The monoisotopic (exact) mass is 350 g/mol. The molecule has 0 radical (unpaired) electrons. The molecule has 2 atom stereocenters. The van der Waals surface area contributed by atoms with Gasteiger partial charge in [0.1, 0.15) is 11.6 Å². The number of rotatable bonds is 7. The number of carbonyl (C=O) groups is 2. The minimum atomic E-state index is -0.573. The average Bonchev–Trinajstić information content (AvgIpc) is 2.33. The molecule has 0 heterocycles. The molecule has 0 saturated heterocycles. The van der Waals surface area contributed by atoms with Gasteiger partial charge in [-0.1, -0.05) is 36.2 Å². The van der Waals surface area contributed by atoms with E-state index in [1.807, 2.05) is 13.8 Å². The third-order valence-electron chi connectivity index (χ3n) is 2.78. The lowest BCUT2D eigenvalue weighted by atomic mass is 9.98. The van der Waals surface area contributed by atoms with Crippen LogP contribution in [0.3, 0.4) is 0 Å². The fraction of sp³-hybridized carbons (Fsp3) is 0.857. The van der Waals surface area contributed by atoms with Gasteiger partial charge in [0.15, 0.2) is 0 Å². The molecule has 6 heteroatoms. The molecule has 0 saturated carbocycles. The Balaban J connectivity index is 4.56. The summed E-state index contributed by atoms with van der Waals surface area (Å²) in [5.74, 6) is -0.113. The van der Waals surface area contributed by atoms with E-state index in [2.05, 4.69) is 26.6 Å². The molecule has 20 heavy (non-hydrogen) atoms. The highest BCUT2D eigenvalue weighted by molar-refractivity contribution is 9.09. The first-order valence-electron chi connectivity index (χ1n) is 7.04. The van der Waals surface area contributed by atoms with Crippen LogP contribution in [0.1, 0.15) is 47.5 Å². The Morgan fingerprint density at radius 3 is 2.35 bits per heavy atom. The quantitative estimate of drug-likeness (QED) is 0.548. The van der Waals surface area contributed by atoms with Gasteiger partial charge in [0.05, 0.1) is 0 Å². The van der Waals surface area contributed by atoms with E-state index in [1.54, 1.807) is 20.8 Å². The molecule has 0 aromatic rings. The third kappa shape index (κ3) is 8.40. The molecule has 2 N–H and O–H groups in total. The van der Waals surface area contributed by atoms with E-state index < -0.39 is 17.7 Å². The number of alkyl halides is 1. The normalized spacial score (nSPS) is 14.3. The van der Waals surface area contributed by atoms with Crippen molar-refractivity contribution in [3.63, 3.8) is 0 Å². The maximum atomic E-state index is 12.1. The molecule has 0 aromatic carbocycles. The van der Waals surface area contributed by atoms with Gasteiger partial charge >= 0.3 is 6.09 Å². The molecule has 0 aliphatic heterocycles. The fourth-order valence-electron chi connectivity index (χ4n) is 1.52. The molecule has 0 fully saturated rings. The van der Waals surface area contributed by atoms with Crippen LogP contribution < -0.4 is 10.6 Å². The van der Waals surface area contributed by atoms with Crippen LogP contribution in [-0.4, -0.2) is 35.5 Å². The Labute approximate surface area is 130 Å². The minimum Gasteiger partial charge on any atom is -0.444 e. The van der Waals surface area contributed by atoms with Crippen LogP contribution in [0.5, 0.6) is 0 Å². The maximum Gasteiger partial charge on any atom is 0.408 e. The zero-order valence-corrected chi connectivity index (χ0v) is 14.7. The molecule has 0 rings (SSSR count). The van der Waals surface area contributed by atoms with Gasteiger partial charge in [-0.3, -0.25) is 4.79 Å². The zero-order chi connectivity index (χ0) is 15.8. The predicted molar refractivity (Wildman–Crippen MR) is 84.0 cm³/mol. The summed E-state index contributed by atoms with van der Waals surface area (Å²) in [6.45, 7) is 9.89. The van der Waals surface area contributed by atoms with Crippen LogP contribution in [0.4, 0.5) is 4.79 Å². The van der Waals surface area contributed by atoms with Gasteiger partial charge in [0, 0.05) is 11.9 Å². The predicted octanol–water partition coefficient (Wildman–Crippen LogP) is 2.83. The van der Waals surface area contributed by atoms with E-state index >= 15 is 0 Å². The van der Waals surface area contributed by atoms with Crippen molar-refractivity contribution in [2.75, 3.05) is 11.9 Å². The number of ether oxygens (including phenoxy) is 1. The van der Waals surface area contributed by atoms with Gasteiger partial charge in [-0.15, -0.1) is 0 Å². The number of carbonyl (C=O) groups excluding carboxylic acids is 2. The molecule has 118 valence electrons. The highest BCUT2D eigenvalue weighted by atomic mass is 79.9. The smallest absolute Gasteiger partial charge is 0.408 e. The van der Waals surface area contributed by atoms with Crippen LogP contribution in [0.2, 0.25) is 0 Å². The van der Waals surface area contributed by atoms with Gasteiger partial charge < -0.3 is 15.4 Å². The summed E-state index contributed by atoms with van der Waals surface area (Å²) in [4.78, 5) is 23.9. The second-order valence-corrected chi connectivity index (χ2v) is 6.64. The van der Waals surface area contributed by atoms with Crippen molar-refractivity contribution in [2.24, 2.45) is 5.92 Å². The molecule has 0 spiro atoms. The number of halogens is 1. The highest BCUT2D eigenvalue weighted by Crippen LogP contribution is 2.11. The first-order chi connectivity index (χ1) is 9.21. The van der Waals surface area contributed by atoms with Crippen LogP contribution >= 0.6 is 15.9 Å². The van der Waals surface area contributed by atoms with E-state index in [0.717, 1.165) is 18.2 Å². The van der Waals surface area contributed by atoms with Crippen LogP contribution in [0.15, 0.2) is 0 Å². The van der Waals surface area contributed by atoms with E-state index in [1.165, 1.54) is 0 Å². The largest absolute Gasteiger partial charge is 0.444 e. The molecule has 2 amide bonds. The number of hydrogen-bond acceptors (Lipinski definition) is 3. The molecular formula is C14H27BrN2O3. The lowest BCUT2D eigenvalue weighted by Crippen LogP contribution is -2.51. The molecule has 0 aromatic heterocycles. The first kappa shape index (κ1) is 19.2. The highest BCUT2D eigenvalue weighted by Gasteiger charge is 2.27. The summed E-state index contributed by atoms with van der Waals surface area (Å²) in [5, 5.41) is 6.33. The van der Waals surface area contributed by atoms with Crippen LogP contribution in [0, 0.1) is 5.92 Å². The van der Waals surface area contributed by atoms with Crippen molar-refractivity contribution < 1.29 is 14.3 Å². The Kier molecular flexibility index (Phi) is 8.85. The van der Waals surface area contributed by atoms with Crippen molar-refractivity contribution in [1.82, 2.24) is 10.6 Å². The molecule has 0 aliphatic carbocycles. The van der Waals surface area contributed by atoms with E-state index in [-0.39, 0.29) is 11.8 Å². The SMILES string of the molecule is CC[C@H](C)[C@H](NC(=O)OC(C)(C)C)C(=O)NCCCBr. The van der Waals surface area contributed by atoms with Crippen molar-refractivity contribution >= 4 is 27.9 Å². The summed E-state index contributed by atoms with van der Waals surface area (Å²) < 4.78 is 5.20. The minimum absolute atomic E-state index is 0.0477. The number of hydrogen-bond donors (Lipinski definition) is 2. The molecule has 5 nitrogen and oxygen atoms in total. The summed E-state index contributed by atoms with van der Waals surface area (Å²) in [6, 6.07) is -0.565. The molecule has 0 aliphatic rings. The Morgan fingerprint density at radius 1 is 1.30 bits per heavy atom. The second-order valence-electron chi connectivity index (χ2n) is 5.84. The topological polar surface area (TPSA) is 67.4 Å². The van der Waals surface area contributed by atoms with Gasteiger partial charge in [-0.2, -0.15) is 0 Å². The van der Waals surface area contributed by atoms with E-state index in [9.17, 15) is 9.59 Å². The van der Waals surface area contributed by atoms with Crippen LogP contribution in [0.25, 0.3) is 0 Å². The lowest BCUT2D eigenvalue weighted by Gasteiger charge is -2.26. The standard InChI is InChI=1S/C14H27BrN2O3/c1-6-10(2)11(12(18)16-9-7-8-15)17-13(19)20-14(3,4)5/h10-11H,6-9H2,1-5H3,(H,16,18)(H,17,19)/t10-,11-/m0/s1. The molecule has 0 unspecified atom stereocenters. The molecule has 0 bridgehead atoms. The Hall–Kier alpha value is -0.780. The average molecular weight is 351 g/mol. The van der Waals surface area contributed by atoms with Crippen LogP contribution in [-0.2, 0) is 9.53 Å².